The average Bonchev–Trinajstić information content (AvgIpc) is 2.98. The summed E-state index contributed by atoms with van der Waals surface area (Å²) in [5, 5.41) is 14.4. The molecular formula is C14H14N4O3. The first-order valence-electron chi connectivity index (χ1n) is 6.46. The van der Waals surface area contributed by atoms with Crippen molar-refractivity contribution < 1.29 is 9.15 Å². The lowest BCUT2D eigenvalue weighted by Crippen LogP contribution is -2.07. The number of rotatable bonds is 3. The van der Waals surface area contributed by atoms with Crippen molar-refractivity contribution in [1.82, 2.24) is 20.6 Å². The average molecular weight is 286 g/mol. The number of aryl methyl sites for hydroxylation is 2. The van der Waals surface area contributed by atoms with Gasteiger partial charge in [0, 0.05) is 16.5 Å². The van der Waals surface area contributed by atoms with Crippen molar-refractivity contribution in [2.45, 2.75) is 27.4 Å². The lowest BCUT2D eigenvalue weighted by Gasteiger charge is -2.11. The van der Waals surface area contributed by atoms with Crippen molar-refractivity contribution >= 4 is 11.0 Å². The van der Waals surface area contributed by atoms with Gasteiger partial charge in [0.1, 0.15) is 11.3 Å². The van der Waals surface area contributed by atoms with Crippen LogP contribution in [-0.2, 0) is 6.61 Å². The van der Waals surface area contributed by atoms with Gasteiger partial charge in [0.15, 0.2) is 6.61 Å². The van der Waals surface area contributed by atoms with Crippen molar-refractivity contribution in [2.24, 2.45) is 0 Å². The Kier molecular flexibility index (Phi) is 3.17. The van der Waals surface area contributed by atoms with Crippen molar-refractivity contribution in [2.75, 3.05) is 0 Å². The predicted octanol–water partition coefficient (Wildman–Crippen LogP) is 1.81. The zero-order valence-corrected chi connectivity index (χ0v) is 11.9. The summed E-state index contributed by atoms with van der Waals surface area (Å²) in [6.07, 6.45) is 0. The Hall–Kier alpha value is -2.70. The van der Waals surface area contributed by atoms with Gasteiger partial charge in [0.05, 0.1) is 0 Å². The number of fused-ring (bicyclic) bond motifs is 1. The molecule has 0 amide bonds. The number of nitrogens with zero attached hydrogens (tertiary/aromatic N) is 3. The zero-order valence-electron chi connectivity index (χ0n) is 11.9. The van der Waals surface area contributed by atoms with Gasteiger partial charge in [-0.05, 0) is 38.5 Å². The second-order valence-electron chi connectivity index (χ2n) is 4.82. The minimum absolute atomic E-state index is 0.192. The number of hydrogen-bond acceptors (Lipinski definition) is 6. The normalized spacial score (nSPS) is 11.0. The van der Waals surface area contributed by atoms with Crippen molar-refractivity contribution in [1.29, 1.82) is 0 Å². The predicted molar refractivity (Wildman–Crippen MR) is 75.2 cm³/mol. The highest BCUT2D eigenvalue weighted by molar-refractivity contribution is 5.85. The van der Waals surface area contributed by atoms with E-state index in [1.807, 2.05) is 26.0 Å². The van der Waals surface area contributed by atoms with Crippen LogP contribution < -0.4 is 10.4 Å². The van der Waals surface area contributed by atoms with Gasteiger partial charge >= 0.3 is 5.63 Å². The molecule has 3 rings (SSSR count). The molecule has 1 aromatic carbocycles. The van der Waals surface area contributed by atoms with Crippen LogP contribution >= 0.6 is 0 Å². The molecule has 0 saturated heterocycles. The number of nitrogens with one attached hydrogen (secondary N) is 1. The maximum Gasteiger partial charge on any atom is 0.339 e. The summed E-state index contributed by atoms with van der Waals surface area (Å²) in [5.41, 5.74) is 2.56. The van der Waals surface area contributed by atoms with Gasteiger partial charge in [-0.15, -0.1) is 10.2 Å². The van der Waals surface area contributed by atoms with Crippen LogP contribution in [0.1, 0.15) is 22.5 Å². The Balaban J connectivity index is 2.04. The highest BCUT2D eigenvalue weighted by atomic mass is 16.5. The Morgan fingerprint density at radius 3 is 2.71 bits per heavy atom. The van der Waals surface area contributed by atoms with Gasteiger partial charge in [-0.25, -0.2) is 4.79 Å². The van der Waals surface area contributed by atoms with E-state index in [1.54, 1.807) is 6.92 Å². The van der Waals surface area contributed by atoms with Crippen LogP contribution in [0.5, 0.6) is 5.75 Å². The lowest BCUT2D eigenvalue weighted by molar-refractivity contribution is 0.294. The fourth-order valence-electron chi connectivity index (χ4n) is 2.17. The van der Waals surface area contributed by atoms with Crippen molar-refractivity contribution in [3.05, 3.63) is 45.1 Å². The molecule has 7 heteroatoms. The molecule has 2 heterocycles. The molecule has 0 aliphatic heterocycles. The largest absolute Gasteiger partial charge is 0.485 e. The maximum absolute atomic E-state index is 11.8. The minimum Gasteiger partial charge on any atom is -0.485 e. The van der Waals surface area contributed by atoms with Crippen LogP contribution in [-0.4, -0.2) is 20.6 Å². The Labute approximate surface area is 119 Å². The summed E-state index contributed by atoms with van der Waals surface area (Å²) < 4.78 is 11.0. The third kappa shape index (κ3) is 2.26. The third-order valence-corrected chi connectivity index (χ3v) is 3.57. The second kappa shape index (κ2) is 5.01. The third-order valence-electron chi connectivity index (χ3n) is 3.57. The smallest absolute Gasteiger partial charge is 0.339 e. The molecular weight excluding hydrogens is 272 g/mol. The van der Waals surface area contributed by atoms with E-state index in [-0.39, 0.29) is 12.2 Å². The van der Waals surface area contributed by atoms with E-state index in [0.717, 1.165) is 16.5 Å². The number of aromatic nitrogens is 4. The Bertz CT molecular complexity index is 853. The summed E-state index contributed by atoms with van der Waals surface area (Å²) >= 11 is 0. The molecule has 0 unspecified atom stereocenters. The standard InChI is InChI=1S/C14H14N4O3/c1-7-8(2)14(19)21-13-9(3)11(5-4-10(7)13)20-6-12-15-17-18-16-12/h4-5H,6H2,1-3H3,(H,15,16,17,18). The van der Waals surface area contributed by atoms with Crippen LogP contribution in [0.3, 0.4) is 0 Å². The number of aromatic amines is 1. The van der Waals surface area contributed by atoms with Gasteiger partial charge < -0.3 is 9.15 Å². The summed E-state index contributed by atoms with van der Waals surface area (Å²) in [6, 6.07) is 3.74. The molecule has 3 aromatic rings. The van der Waals surface area contributed by atoms with E-state index in [4.69, 9.17) is 9.15 Å². The summed E-state index contributed by atoms with van der Waals surface area (Å²) in [7, 11) is 0. The van der Waals surface area contributed by atoms with Gasteiger partial charge in [-0.3, -0.25) is 0 Å². The highest BCUT2D eigenvalue weighted by Gasteiger charge is 2.13. The van der Waals surface area contributed by atoms with E-state index < -0.39 is 0 Å². The van der Waals surface area contributed by atoms with E-state index in [9.17, 15) is 4.79 Å². The molecule has 1 N–H and O–H groups in total. The zero-order chi connectivity index (χ0) is 15.0. The molecule has 0 aliphatic carbocycles. The van der Waals surface area contributed by atoms with Crippen molar-refractivity contribution in [3.8, 4) is 5.75 Å². The molecule has 21 heavy (non-hydrogen) atoms. The fourth-order valence-corrected chi connectivity index (χ4v) is 2.17. The van der Waals surface area contributed by atoms with Crippen LogP contribution in [0.2, 0.25) is 0 Å². The second-order valence-corrected chi connectivity index (χ2v) is 4.82. The summed E-state index contributed by atoms with van der Waals surface area (Å²) in [6.45, 7) is 5.72. The number of hydrogen-bond donors (Lipinski definition) is 1. The van der Waals surface area contributed by atoms with E-state index in [0.29, 0.717) is 22.7 Å². The quantitative estimate of drug-likeness (QED) is 0.738. The molecule has 0 spiro atoms. The SMILES string of the molecule is Cc1c(C)c2ccc(OCc3nn[nH]n3)c(C)c2oc1=O. The molecule has 0 bridgehead atoms. The molecule has 2 aromatic heterocycles. The molecule has 0 atom stereocenters. The molecule has 0 saturated carbocycles. The Morgan fingerprint density at radius 2 is 2.00 bits per heavy atom. The van der Waals surface area contributed by atoms with Gasteiger partial charge in [0.25, 0.3) is 0 Å². The maximum atomic E-state index is 11.8. The lowest BCUT2D eigenvalue weighted by atomic mass is 10.0. The van der Waals surface area contributed by atoms with Crippen LogP contribution in [0.15, 0.2) is 21.3 Å². The summed E-state index contributed by atoms with van der Waals surface area (Å²) in [4.78, 5) is 11.8. The number of tetrazole rings is 1. The topological polar surface area (TPSA) is 93.9 Å². The first-order valence-corrected chi connectivity index (χ1v) is 6.46. The minimum atomic E-state index is -0.321. The van der Waals surface area contributed by atoms with Gasteiger partial charge in [0.2, 0.25) is 5.82 Å². The molecule has 0 radical (unpaired) electrons. The highest BCUT2D eigenvalue weighted by Crippen LogP contribution is 2.29. The van der Waals surface area contributed by atoms with Gasteiger partial charge in [-0.2, -0.15) is 5.21 Å². The van der Waals surface area contributed by atoms with Crippen molar-refractivity contribution in [3.63, 3.8) is 0 Å². The van der Waals surface area contributed by atoms with E-state index in [1.165, 1.54) is 0 Å². The van der Waals surface area contributed by atoms with Gasteiger partial charge in [-0.1, -0.05) is 5.21 Å². The molecule has 0 fully saturated rings. The molecule has 7 nitrogen and oxygen atoms in total. The van der Waals surface area contributed by atoms with Crippen LogP contribution in [0.4, 0.5) is 0 Å². The summed E-state index contributed by atoms with van der Waals surface area (Å²) in [5.74, 6) is 1.08. The first kappa shape index (κ1) is 13.3. The monoisotopic (exact) mass is 286 g/mol. The number of benzene rings is 1. The fraction of sp³-hybridized carbons (Fsp3) is 0.286. The van der Waals surface area contributed by atoms with E-state index >= 15 is 0 Å². The number of ether oxygens (including phenoxy) is 1. The van der Waals surface area contributed by atoms with Crippen LogP contribution in [0, 0.1) is 20.8 Å². The number of H-pyrrole nitrogens is 1. The molecule has 0 aliphatic rings. The van der Waals surface area contributed by atoms with Crippen LogP contribution in [0.25, 0.3) is 11.0 Å². The van der Waals surface area contributed by atoms with E-state index in [2.05, 4.69) is 20.6 Å². The molecule has 108 valence electrons. The Morgan fingerprint density at radius 1 is 1.19 bits per heavy atom. The first-order chi connectivity index (χ1) is 10.1.